The maximum Gasteiger partial charge on any atom is 0.274 e. The molecule has 6 rings (SSSR count). The number of carbonyl (C=O) groups is 1. The third-order valence-electron chi connectivity index (χ3n) is 7.33. The summed E-state index contributed by atoms with van der Waals surface area (Å²) in [4.78, 5) is 13.2. The smallest absolute Gasteiger partial charge is 0.274 e. The SMILES string of the molecule is Cc1ccc(C)c(OCc2c(C(=O)NC34CC5CC(CC(C5)C3)C4)noc2C)c1. The molecule has 2 aromatic rings. The Morgan fingerprint density at radius 2 is 1.79 bits per heavy atom. The van der Waals surface area contributed by atoms with E-state index in [9.17, 15) is 4.79 Å². The lowest BCUT2D eigenvalue weighted by Gasteiger charge is -2.56. The highest BCUT2D eigenvalue weighted by Gasteiger charge is 2.51. The van der Waals surface area contributed by atoms with Crippen molar-refractivity contribution >= 4 is 5.91 Å². The highest BCUT2D eigenvalue weighted by molar-refractivity contribution is 5.94. The number of nitrogens with one attached hydrogen (secondary N) is 1. The van der Waals surface area contributed by atoms with Crippen LogP contribution in [-0.4, -0.2) is 16.6 Å². The number of rotatable bonds is 5. The fraction of sp³-hybridized carbons (Fsp3) is 0.583. The number of nitrogens with zero attached hydrogens (tertiary/aromatic N) is 1. The molecule has 5 heteroatoms. The molecule has 4 saturated carbocycles. The Hall–Kier alpha value is -2.30. The molecule has 1 aromatic carbocycles. The number of hydrogen-bond donors (Lipinski definition) is 1. The van der Waals surface area contributed by atoms with Crippen LogP contribution in [0.3, 0.4) is 0 Å². The molecule has 0 spiro atoms. The van der Waals surface area contributed by atoms with Gasteiger partial charge in [0, 0.05) is 5.54 Å². The minimum Gasteiger partial charge on any atom is -0.488 e. The summed E-state index contributed by atoms with van der Waals surface area (Å²) in [6.45, 7) is 6.19. The monoisotopic (exact) mass is 394 g/mol. The largest absolute Gasteiger partial charge is 0.488 e. The van der Waals surface area contributed by atoms with Crippen LogP contribution >= 0.6 is 0 Å². The normalized spacial score (nSPS) is 29.8. The zero-order valence-corrected chi connectivity index (χ0v) is 17.6. The number of aryl methyl sites for hydroxylation is 3. The summed E-state index contributed by atoms with van der Waals surface area (Å²) >= 11 is 0. The Kier molecular flexibility index (Phi) is 4.45. The first-order valence-electron chi connectivity index (χ1n) is 10.9. The van der Waals surface area contributed by atoms with Crippen LogP contribution in [-0.2, 0) is 6.61 Å². The third kappa shape index (κ3) is 3.45. The van der Waals surface area contributed by atoms with Crippen molar-refractivity contribution in [3.63, 3.8) is 0 Å². The molecule has 0 aliphatic heterocycles. The van der Waals surface area contributed by atoms with Gasteiger partial charge in [-0.15, -0.1) is 0 Å². The molecule has 1 N–H and O–H groups in total. The summed E-state index contributed by atoms with van der Waals surface area (Å²) in [5.74, 6) is 3.72. The molecule has 4 bridgehead atoms. The van der Waals surface area contributed by atoms with Gasteiger partial charge in [-0.2, -0.15) is 0 Å². The predicted octanol–water partition coefficient (Wildman–Crippen LogP) is 4.88. The van der Waals surface area contributed by atoms with Crippen molar-refractivity contribution in [2.75, 3.05) is 0 Å². The molecule has 0 unspecified atom stereocenters. The van der Waals surface area contributed by atoms with E-state index in [0.717, 1.165) is 59.5 Å². The molecule has 0 saturated heterocycles. The van der Waals surface area contributed by atoms with Gasteiger partial charge >= 0.3 is 0 Å². The van der Waals surface area contributed by atoms with Crippen molar-refractivity contribution in [3.8, 4) is 5.75 Å². The summed E-state index contributed by atoms with van der Waals surface area (Å²) in [5.41, 5.74) is 3.30. The van der Waals surface area contributed by atoms with E-state index in [1.165, 1.54) is 19.3 Å². The van der Waals surface area contributed by atoms with Crippen LogP contribution in [0.1, 0.15) is 71.5 Å². The highest BCUT2D eigenvalue weighted by Crippen LogP contribution is 2.55. The third-order valence-corrected chi connectivity index (χ3v) is 7.33. The maximum absolute atomic E-state index is 13.2. The maximum atomic E-state index is 13.2. The summed E-state index contributed by atoms with van der Waals surface area (Å²) in [6.07, 6.45) is 7.43. The molecular formula is C24H30N2O3. The van der Waals surface area contributed by atoms with Crippen LogP contribution in [0.5, 0.6) is 5.75 Å². The standard InChI is InChI=1S/C24H30N2O3/c1-14-4-5-15(2)21(6-14)28-13-20-16(3)29-26-22(20)23(27)25-24-10-17-7-18(11-24)9-19(8-17)12-24/h4-6,17-19H,7-13H2,1-3H3,(H,25,27). The van der Waals surface area contributed by atoms with Crippen molar-refractivity contribution in [2.45, 2.75) is 71.4 Å². The Bertz CT molecular complexity index is 910. The molecule has 0 atom stereocenters. The lowest BCUT2D eigenvalue weighted by Crippen LogP contribution is -2.60. The Labute approximate surface area is 172 Å². The summed E-state index contributed by atoms with van der Waals surface area (Å²) in [7, 11) is 0. The molecule has 4 fully saturated rings. The van der Waals surface area contributed by atoms with Crippen LogP contribution in [0.25, 0.3) is 0 Å². The predicted molar refractivity (Wildman–Crippen MR) is 110 cm³/mol. The quantitative estimate of drug-likeness (QED) is 0.785. The molecule has 4 aliphatic rings. The number of ether oxygens (including phenoxy) is 1. The van der Waals surface area contributed by atoms with Gasteiger partial charge in [-0.25, -0.2) is 0 Å². The summed E-state index contributed by atoms with van der Waals surface area (Å²) < 4.78 is 11.4. The molecule has 154 valence electrons. The van der Waals surface area contributed by atoms with E-state index in [4.69, 9.17) is 9.26 Å². The van der Waals surface area contributed by atoms with Gasteiger partial charge < -0.3 is 14.6 Å². The molecule has 0 radical (unpaired) electrons. The van der Waals surface area contributed by atoms with Crippen LogP contribution in [0, 0.1) is 38.5 Å². The average Bonchev–Trinajstić information content (AvgIpc) is 3.01. The minimum absolute atomic E-state index is 0.0378. The fourth-order valence-corrected chi connectivity index (χ4v) is 6.32. The van der Waals surface area contributed by atoms with Crippen molar-refractivity contribution in [2.24, 2.45) is 17.8 Å². The second kappa shape index (κ2) is 6.89. The van der Waals surface area contributed by atoms with E-state index < -0.39 is 0 Å². The lowest BCUT2D eigenvalue weighted by atomic mass is 9.53. The van der Waals surface area contributed by atoms with Crippen LogP contribution in [0.15, 0.2) is 22.7 Å². The number of benzene rings is 1. The van der Waals surface area contributed by atoms with E-state index in [2.05, 4.69) is 16.5 Å². The lowest BCUT2D eigenvalue weighted by molar-refractivity contribution is -0.0168. The first-order valence-corrected chi connectivity index (χ1v) is 10.9. The number of amides is 1. The average molecular weight is 395 g/mol. The zero-order chi connectivity index (χ0) is 20.2. The van der Waals surface area contributed by atoms with Crippen LogP contribution in [0.4, 0.5) is 0 Å². The van der Waals surface area contributed by atoms with Crippen molar-refractivity contribution in [1.82, 2.24) is 10.5 Å². The first-order chi connectivity index (χ1) is 13.9. The number of carbonyl (C=O) groups excluding carboxylic acids is 1. The van der Waals surface area contributed by atoms with Gasteiger partial charge in [-0.1, -0.05) is 17.3 Å². The fourth-order valence-electron chi connectivity index (χ4n) is 6.32. The van der Waals surface area contributed by atoms with E-state index in [-0.39, 0.29) is 18.1 Å². The van der Waals surface area contributed by atoms with E-state index in [0.29, 0.717) is 11.5 Å². The Morgan fingerprint density at radius 3 is 2.45 bits per heavy atom. The van der Waals surface area contributed by atoms with Crippen molar-refractivity contribution in [1.29, 1.82) is 0 Å². The van der Waals surface area contributed by atoms with Gasteiger partial charge in [-0.3, -0.25) is 4.79 Å². The van der Waals surface area contributed by atoms with Gasteiger partial charge in [0.25, 0.3) is 5.91 Å². The second-order valence-corrected chi connectivity index (χ2v) is 9.78. The van der Waals surface area contributed by atoms with Gasteiger partial charge in [0.1, 0.15) is 18.1 Å². The topological polar surface area (TPSA) is 64.4 Å². The molecule has 1 heterocycles. The van der Waals surface area contributed by atoms with Gasteiger partial charge in [0.2, 0.25) is 0 Å². The number of hydrogen-bond acceptors (Lipinski definition) is 4. The van der Waals surface area contributed by atoms with Crippen LogP contribution in [0.2, 0.25) is 0 Å². The molecule has 1 amide bonds. The second-order valence-electron chi connectivity index (χ2n) is 9.78. The van der Waals surface area contributed by atoms with E-state index >= 15 is 0 Å². The first kappa shape index (κ1) is 18.7. The van der Waals surface area contributed by atoms with E-state index in [1.807, 2.05) is 32.9 Å². The van der Waals surface area contributed by atoms with Crippen molar-refractivity contribution in [3.05, 3.63) is 46.3 Å². The minimum atomic E-state index is -0.108. The molecular weight excluding hydrogens is 364 g/mol. The van der Waals surface area contributed by atoms with Gasteiger partial charge in [-0.05, 0) is 94.2 Å². The van der Waals surface area contributed by atoms with Crippen molar-refractivity contribution < 1.29 is 14.1 Å². The summed E-state index contributed by atoms with van der Waals surface area (Å²) in [6, 6.07) is 6.14. The van der Waals surface area contributed by atoms with E-state index in [1.54, 1.807) is 0 Å². The number of aromatic nitrogens is 1. The molecule has 1 aromatic heterocycles. The summed E-state index contributed by atoms with van der Waals surface area (Å²) in [5, 5.41) is 7.50. The molecule has 29 heavy (non-hydrogen) atoms. The Balaban J connectivity index is 1.33. The van der Waals surface area contributed by atoms with Gasteiger partial charge in [0.15, 0.2) is 5.69 Å². The zero-order valence-electron chi connectivity index (χ0n) is 17.6. The van der Waals surface area contributed by atoms with Gasteiger partial charge in [0.05, 0.1) is 5.56 Å². The molecule has 5 nitrogen and oxygen atoms in total. The highest BCUT2D eigenvalue weighted by atomic mass is 16.5. The molecule has 4 aliphatic carbocycles. The Morgan fingerprint density at radius 1 is 1.14 bits per heavy atom. The van der Waals surface area contributed by atoms with Crippen LogP contribution < -0.4 is 10.1 Å².